The summed E-state index contributed by atoms with van der Waals surface area (Å²) in [6, 6.07) is 7.50. The summed E-state index contributed by atoms with van der Waals surface area (Å²) in [4.78, 5) is 13.9. The first-order valence-electron chi connectivity index (χ1n) is 5.94. The Balaban J connectivity index is 1.86. The van der Waals surface area contributed by atoms with Crippen molar-refractivity contribution in [2.45, 2.75) is 18.9 Å². The van der Waals surface area contributed by atoms with Crippen molar-refractivity contribution in [3.05, 3.63) is 29.3 Å². The Morgan fingerprint density at radius 1 is 1.50 bits per heavy atom. The number of hydrogen-bond donors (Lipinski definition) is 0. The number of nitrogens with zero attached hydrogens (tertiary/aromatic N) is 1. The van der Waals surface area contributed by atoms with E-state index in [2.05, 4.69) is 15.9 Å². The van der Waals surface area contributed by atoms with Crippen molar-refractivity contribution < 1.29 is 9.53 Å². The van der Waals surface area contributed by atoms with E-state index in [1.807, 2.05) is 4.90 Å². The Morgan fingerprint density at radius 2 is 2.28 bits per heavy atom. The van der Waals surface area contributed by atoms with Gasteiger partial charge < -0.3 is 9.64 Å². The molecular formula is C13H15BrClNO2. The number of benzene rings is 1. The summed E-state index contributed by atoms with van der Waals surface area (Å²) in [5, 5.41) is 1.41. The molecule has 98 valence electrons. The molecule has 18 heavy (non-hydrogen) atoms. The topological polar surface area (TPSA) is 29.5 Å². The number of carbonyl (C=O) groups excluding carboxylic acids is 1. The van der Waals surface area contributed by atoms with Gasteiger partial charge in [0, 0.05) is 22.9 Å². The third-order valence-electron chi connectivity index (χ3n) is 2.79. The summed E-state index contributed by atoms with van der Waals surface area (Å²) in [5.41, 5.74) is 0. The molecule has 1 saturated carbocycles. The van der Waals surface area contributed by atoms with Crippen LogP contribution in [0.25, 0.3) is 0 Å². The summed E-state index contributed by atoms with van der Waals surface area (Å²) in [7, 11) is 0. The van der Waals surface area contributed by atoms with Crippen molar-refractivity contribution in [1.82, 2.24) is 4.90 Å². The SMILES string of the molecule is O=C(COc1cccc(Cl)c1)N(CCBr)C1CC1. The third kappa shape index (κ3) is 3.89. The van der Waals surface area contributed by atoms with Crippen molar-refractivity contribution >= 4 is 33.4 Å². The number of halogens is 2. The minimum atomic E-state index is 0.0388. The average molecular weight is 333 g/mol. The molecule has 3 nitrogen and oxygen atoms in total. The molecule has 0 saturated heterocycles. The van der Waals surface area contributed by atoms with E-state index in [1.165, 1.54) is 0 Å². The molecular weight excluding hydrogens is 318 g/mol. The molecule has 0 atom stereocenters. The highest BCUT2D eigenvalue weighted by Gasteiger charge is 2.31. The molecule has 0 unspecified atom stereocenters. The van der Waals surface area contributed by atoms with Gasteiger partial charge in [0.05, 0.1) is 0 Å². The number of amides is 1. The highest BCUT2D eigenvalue weighted by Crippen LogP contribution is 2.27. The van der Waals surface area contributed by atoms with Gasteiger partial charge in [0.1, 0.15) is 5.75 Å². The Kier molecular flexibility index (Phi) is 4.89. The van der Waals surface area contributed by atoms with Crippen LogP contribution in [-0.4, -0.2) is 35.3 Å². The maximum atomic E-state index is 12.0. The number of alkyl halides is 1. The highest BCUT2D eigenvalue weighted by atomic mass is 79.9. The van der Waals surface area contributed by atoms with Gasteiger partial charge in [-0.2, -0.15) is 0 Å². The smallest absolute Gasteiger partial charge is 0.260 e. The van der Waals surface area contributed by atoms with E-state index in [1.54, 1.807) is 24.3 Å². The zero-order valence-corrected chi connectivity index (χ0v) is 12.3. The summed E-state index contributed by atoms with van der Waals surface area (Å²) >= 11 is 9.22. The molecule has 1 aromatic carbocycles. The Hall–Kier alpha value is -0.740. The van der Waals surface area contributed by atoms with Crippen LogP contribution in [0, 0.1) is 0 Å². The lowest BCUT2D eigenvalue weighted by atomic mass is 10.3. The summed E-state index contributed by atoms with van der Waals surface area (Å²) in [6.07, 6.45) is 2.21. The van der Waals surface area contributed by atoms with E-state index in [9.17, 15) is 4.79 Å². The van der Waals surface area contributed by atoms with Gasteiger partial charge in [-0.3, -0.25) is 4.79 Å². The predicted octanol–water partition coefficient (Wildman–Crippen LogP) is 3.10. The molecule has 1 aliphatic carbocycles. The van der Waals surface area contributed by atoms with E-state index in [0.717, 1.165) is 24.7 Å². The van der Waals surface area contributed by atoms with Crippen LogP contribution in [0.15, 0.2) is 24.3 Å². The number of carbonyl (C=O) groups is 1. The maximum absolute atomic E-state index is 12.0. The van der Waals surface area contributed by atoms with E-state index >= 15 is 0 Å². The normalized spacial score (nSPS) is 14.3. The second-order valence-corrected chi connectivity index (χ2v) is 5.48. The standard InChI is InChI=1S/C13H15BrClNO2/c14-6-7-16(11-4-5-11)13(17)9-18-12-3-1-2-10(15)8-12/h1-3,8,11H,4-7,9H2. The van der Waals surface area contributed by atoms with Crippen molar-refractivity contribution in [1.29, 1.82) is 0 Å². The average Bonchev–Trinajstić information content (AvgIpc) is 3.17. The number of rotatable bonds is 6. The van der Waals surface area contributed by atoms with Gasteiger partial charge in [0.15, 0.2) is 6.61 Å². The van der Waals surface area contributed by atoms with Crippen LogP contribution in [-0.2, 0) is 4.79 Å². The molecule has 0 bridgehead atoms. The zero-order chi connectivity index (χ0) is 13.0. The van der Waals surface area contributed by atoms with Gasteiger partial charge in [-0.15, -0.1) is 0 Å². The summed E-state index contributed by atoms with van der Waals surface area (Å²) in [6.45, 7) is 0.812. The van der Waals surface area contributed by atoms with E-state index in [-0.39, 0.29) is 12.5 Å². The van der Waals surface area contributed by atoms with Crippen molar-refractivity contribution in [3.8, 4) is 5.75 Å². The second kappa shape index (κ2) is 6.43. The molecule has 0 N–H and O–H groups in total. The van der Waals surface area contributed by atoms with Gasteiger partial charge >= 0.3 is 0 Å². The zero-order valence-electron chi connectivity index (χ0n) is 9.94. The molecule has 1 aliphatic rings. The Morgan fingerprint density at radius 3 is 2.89 bits per heavy atom. The van der Waals surface area contributed by atoms with Gasteiger partial charge in [0.25, 0.3) is 5.91 Å². The van der Waals surface area contributed by atoms with Crippen LogP contribution < -0.4 is 4.74 Å². The van der Waals surface area contributed by atoms with Crippen LogP contribution in [0.1, 0.15) is 12.8 Å². The second-order valence-electron chi connectivity index (χ2n) is 4.25. The lowest BCUT2D eigenvalue weighted by molar-refractivity contribution is -0.133. The first-order valence-corrected chi connectivity index (χ1v) is 7.44. The van der Waals surface area contributed by atoms with E-state index in [4.69, 9.17) is 16.3 Å². The molecule has 2 rings (SSSR count). The van der Waals surface area contributed by atoms with Gasteiger partial charge in [-0.1, -0.05) is 33.6 Å². The molecule has 0 heterocycles. The van der Waals surface area contributed by atoms with Crippen molar-refractivity contribution in [2.75, 3.05) is 18.5 Å². The molecule has 5 heteroatoms. The Labute approximate surface area is 120 Å². The molecule has 0 radical (unpaired) electrons. The highest BCUT2D eigenvalue weighted by molar-refractivity contribution is 9.09. The molecule has 1 amide bonds. The van der Waals surface area contributed by atoms with E-state index < -0.39 is 0 Å². The molecule has 0 aromatic heterocycles. The summed E-state index contributed by atoms with van der Waals surface area (Å²) in [5.74, 6) is 0.669. The van der Waals surface area contributed by atoms with Crippen LogP contribution in [0.3, 0.4) is 0 Å². The fraction of sp³-hybridized carbons (Fsp3) is 0.462. The monoisotopic (exact) mass is 331 g/mol. The molecule has 1 fully saturated rings. The molecule has 0 spiro atoms. The fourth-order valence-corrected chi connectivity index (χ4v) is 2.34. The fourth-order valence-electron chi connectivity index (χ4n) is 1.77. The van der Waals surface area contributed by atoms with Crippen LogP contribution in [0.2, 0.25) is 5.02 Å². The summed E-state index contributed by atoms with van der Waals surface area (Å²) < 4.78 is 5.46. The quantitative estimate of drug-likeness (QED) is 0.749. The van der Waals surface area contributed by atoms with Gasteiger partial charge in [-0.05, 0) is 31.0 Å². The first-order chi connectivity index (χ1) is 8.70. The number of ether oxygens (including phenoxy) is 1. The van der Waals surface area contributed by atoms with Gasteiger partial charge in [-0.25, -0.2) is 0 Å². The van der Waals surface area contributed by atoms with Crippen LogP contribution in [0.4, 0.5) is 0 Å². The lowest BCUT2D eigenvalue weighted by Gasteiger charge is -2.21. The third-order valence-corrected chi connectivity index (χ3v) is 3.38. The minimum absolute atomic E-state index is 0.0388. The van der Waals surface area contributed by atoms with Gasteiger partial charge in [0.2, 0.25) is 0 Å². The lowest BCUT2D eigenvalue weighted by Crippen LogP contribution is -2.38. The van der Waals surface area contributed by atoms with E-state index in [0.29, 0.717) is 16.8 Å². The largest absolute Gasteiger partial charge is 0.484 e. The first kappa shape index (κ1) is 13.7. The van der Waals surface area contributed by atoms with Crippen molar-refractivity contribution in [3.63, 3.8) is 0 Å². The maximum Gasteiger partial charge on any atom is 0.260 e. The van der Waals surface area contributed by atoms with Crippen LogP contribution in [0.5, 0.6) is 5.75 Å². The Bertz CT molecular complexity index is 423. The van der Waals surface area contributed by atoms with Crippen molar-refractivity contribution in [2.24, 2.45) is 0 Å². The molecule has 1 aromatic rings. The minimum Gasteiger partial charge on any atom is -0.484 e. The molecule has 0 aliphatic heterocycles. The predicted molar refractivity (Wildman–Crippen MR) is 75.5 cm³/mol. The van der Waals surface area contributed by atoms with Crippen LogP contribution >= 0.6 is 27.5 Å². The number of hydrogen-bond acceptors (Lipinski definition) is 2.